The molecule has 0 spiro atoms. The molecule has 1 rings (SSSR count). The van der Waals surface area contributed by atoms with E-state index in [2.05, 4.69) is 6.58 Å². The van der Waals surface area contributed by atoms with E-state index in [4.69, 9.17) is 9.47 Å². The molecular formula is C13H16O2. The zero-order valence-corrected chi connectivity index (χ0v) is 8.98. The molecule has 80 valence electrons. The molecule has 0 aromatic heterocycles. The second kappa shape index (κ2) is 6.85. The van der Waals surface area contributed by atoms with Gasteiger partial charge in [0.2, 0.25) is 0 Å². The highest BCUT2D eigenvalue weighted by Crippen LogP contribution is 2.18. The molecule has 0 atom stereocenters. The minimum absolute atomic E-state index is 0.580. The monoisotopic (exact) mass is 204 g/mol. The Kier molecular flexibility index (Phi) is 5.26. The fraction of sp³-hybridized carbons (Fsp3) is 0.231. The number of hydrogen-bond acceptors (Lipinski definition) is 2. The van der Waals surface area contributed by atoms with E-state index in [1.165, 1.54) is 0 Å². The lowest BCUT2D eigenvalue weighted by molar-refractivity contribution is 0.194. The van der Waals surface area contributed by atoms with Crippen LogP contribution in [0.5, 0.6) is 5.75 Å². The molecule has 0 N–H and O–H groups in total. The first-order valence-corrected chi connectivity index (χ1v) is 4.86. The molecule has 0 aliphatic carbocycles. The van der Waals surface area contributed by atoms with E-state index in [-0.39, 0.29) is 0 Å². The summed E-state index contributed by atoms with van der Waals surface area (Å²) in [7, 11) is 1.67. The van der Waals surface area contributed by atoms with E-state index in [0.29, 0.717) is 13.2 Å². The Morgan fingerprint density at radius 3 is 2.80 bits per heavy atom. The molecule has 0 amide bonds. The van der Waals surface area contributed by atoms with Gasteiger partial charge in [0.15, 0.2) is 0 Å². The Balaban J connectivity index is 2.51. The summed E-state index contributed by atoms with van der Waals surface area (Å²) < 4.78 is 10.4. The van der Waals surface area contributed by atoms with Crippen LogP contribution in [0.1, 0.15) is 5.56 Å². The minimum Gasteiger partial charge on any atom is -0.496 e. The summed E-state index contributed by atoms with van der Waals surface area (Å²) in [6.45, 7) is 4.74. The Morgan fingerprint density at radius 1 is 1.27 bits per heavy atom. The van der Waals surface area contributed by atoms with E-state index in [0.717, 1.165) is 11.3 Å². The highest BCUT2D eigenvalue weighted by molar-refractivity contribution is 5.57. The van der Waals surface area contributed by atoms with Crippen molar-refractivity contribution in [1.82, 2.24) is 0 Å². The summed E-state index contributed by atoms with van der Waals surface area (Å²) in [5, 5.41) is 0. The van der Waals surface area contributed by atoms with Gasteiger partial charge in [-0.05, 0) is 6.07 Å². The van der Waals surface area contributed by atoms with Crippen molar-refractivity contribution in [3.63, 3.8) is 0 Å². The van der Waals surface area contributed by atoms with Crippen LogP contribution in [0.25, 0.3) is 6.08 Å². The van der Waals surface area contributed by atoms with E-state index in [1.54, 1.807) is 13.2 Å². The average molecular weight is 204 g/mol. The summed E-state index contributed by atoms with van der Waals surface area (Å²) in [4.78, 5) is 0. The van der Waals surface area contributed by atoms with Crippen LogP contribution in [0.2, 0.25) is 0 Å². The lowest BCUT2D eigenvalue weighted by Gasteiger charge is -2.03. The predicted octanol–water partition coefficient (Wildman–Crippen LogP) is 2.91. The Bertz CT molecular complexity index is 329. The van der Waals surface area contributed by atoms with Crippen molar-refractivity contribution >= 4 is 6.08 Å². The van der Waals surface area contributed by atoms with Gasteiger partial charge < -0.3 is 9.47 Å². The van der Waals surface area contributed by atoms with Gasteiger partial charge in [-0.1, -0.05) is 36.4 Å². The molecule has 0 radical (unpaired) electrons. The van der Waals surface area contributed by atoms with Gasteiger partial charge in [-0.15, -0.1) is 6.58 Å². The number of hydrogen-bond donors (Lipinski definition) is 0. The number of benzene rings is 1. The lowest BCUT2D eigenvalue weighted by atomic mass is 10.2. The molecule has 0 saturated carbocycles. The van der Waals surface area contributed by atoms with Crippen LogP contribution in [0.4, 0.5) is 0 Å². The van der Waals surface area contributed by atoms with Crippen LogP contribution in [0.3, 0.4) is 0 Å². The standard InChI is InChI=1S/C13H16O2/c1-3-10-15-11-6-8-12-7-4-5-9-13(12)14-2/h3-9H,1,10-11H2,2H3. The zero-order valence-electron chi connectivity index (χ0n) is 8.98. The van der Waals surface area contributed by atoms with E-state index < -0.39 is 0 Å². The van der Waals surface area contributed by atoms with Gasteiger partial charge in [-0.25, -0.2) is 0 Å². The maximum atomic E-state index is 5.23. The van der Waals surface area contributed by atoms with Crippen molar-refractivity contribution in [3.8, 4) is 5.75 Å². The molecular weight excluding hydrogens is 188 g/mol. The van der Waals surface area contributed by atoms with E-state index >= 15 is 0 Å². The van der Waals surface area contributed by atoms with Crippen molar-refractivity contribution < 1.29 is 9.47 Å². The second-order valence-electron chi connectivity index (χ2n) is 2.97. The first-order chi connectivity index (χ1) is 7.38. The molecule has 0 aliphatic heterocycles. The number of rotatable bonds is 6. The number of methoxy groups -OCH3 is 1. The Labute approximate surface area is 90.8 Å². The summed E-state index contributed by atoms with van der Waals surface area (Å²) in [5.74, 6) is 0.873. The molecule has 0 saturated heterocycles. The van der Waals surface area contributed by atoms with Crippen LogP contribution in [-0.2, 0) is 4.74 Å². The molecule has 2 nitrogen and oxygen atoms in total. The third kappa shape index (κ3) is 4.00. The van der Waals surface area contributed by atoms with E-state index in [1.807, 2.05) is 36.4 Å². The van der Waals surface area contributed by atoms with E-state index in [9.17, 15) is 0 Å². The quantitative estimate of drug-likeness (QED) is 0.524. The highest BCUT2D eigenvalue weighted by atomic mass is 16.5. The predicted molar refractivity (Wildman–Crippen MR) is 63.0 cm³/mol. The third-order valence-electron chi connectivity index (χ3n) is 1.89. The van der Waals surface area contributed by atoms with Crippen molar-refractivity contribution in [2.24, 2.45) is 0 Å². The van der Waals surface area contributed by atoms with Gasteiger partial charge in [-0.2, -0.15) is 0 Å². The van der Waals surface area contributed by atoms with Crippen molar-refractivity contribution in [3.05, 3.63) is 48.6 Å². The molecule has 15 heavy (non-hydrogen) atoms. The first-order valence-electron chi connectivity index (χ1n) is 4.86. The molecule has 0 aliphatic rings. The van der Waals surface area contributed by atoms with Crippen LogP contribution in [0.15, 0.2) is 43.0 Å². The molecule has 2 heteroatoms. The van der Waals surface area contributed by atoms with Crippen molar-refractivity contribution in [2.45, 2.75) is 0 Å². The van der Waals surface area contributed by atoms with Gasteiger partial charge in [0.1, 0.15) is 5.75 Å². The SMILES string of the molecule is C=CCOCC=Cc1ccccc1OC. The highest BCUT2D eigenvalue weighted by Gasteiger charge is 1.95. The first kappa shape index (κ1) is 11.5. The summed E-state index contributed by atoms with van der Waals surface area (Å²) >= 11 is 0. The molecule has 0 fully saturated rings. The minimum atomic E-state index is 0.580. The number of ether oxygens (including phenoxy) is 2. The van der Waals surface area contributed by atoms with Crippen LogP contribution >= 0.6 is 0 Å². The fourth-order valence-corrected chi connectivity index (χ4v) is 1.20. The van der Waals surface area contributed by atoms with Crippen LogP contribution < -0.4 is 4.74 Å². The Morgan fingerprint density at radius 2 is 2.07 bits per heavy atom. The molecule has 0 bridgehead atoms. The third-order valence-corrected chi connectivity index (χ3v) is 1.89. The van der Waals surface area contributed by atoms with Gasteiger partial charge in [0.05, 0.1) is 20.3 Å². The van der Waals surface area contributed by atoms with Crippen LogP contribution in [-0.4, -0.2) is 20.3 Å². The van der Waals surface area contributed by atoms with Gasteiger partial charge in [0.25, 0.3) is 0 Å². The fourth-order valence-electron chi connectivity index (χ4n) is 1.20. The summed E-state index contributed by atoms with van der Waals surface area (Å²) in [5.41, 5.74) is 1.06. The topological polar surface area (TPSA) is 18.5 Å². The largest absolute Gasteiger partial charge is 0.496 e. The lowest BCUT2D eigenvalue weighted by Crippen LogP contribution is -1.90. The smallest absolute Gasteiger partial charge is 0.126 e. The van der Waals surface area contributed by atoms with Gasteiger partial charge in [-0.3, -0.25) is 0 Å². The molecule has 0 heterocycles. The normalized spacial score (nSPS) is 10.5. The van der Waals surface area contributed by atoms with Crippen molar-refractivity contribution in [2.75, 3.05) is 20.3 Å². The second-order valence-corrected chi connectivity index (χ2v) is 2.97. The zero-order chi connectivity index (χ0) is 10.9. The van der Waals surface area contributed by atoms with Crippen molar-refractivity contribution in [1.29, 1.82) is 0 Å². The Hall–Kier alpha value is -1.54. The van der Waals surface area contributed by atoms with Crippen LogP contribution in [0, 0.1) is 0 Å². The summed E-state index contributed by atoms with van der Waals surface area (Å²) in [6, 6.07) is 7.87. The summed E-state index contributed by atoms with van der Waals surface area (Å²) in [6.07, 6.45) is 5.68. The maximum Gasteiger partial charge on any atom is 0.126 e. The number of para-hydroxylation sites is 1. The molecule has 0 unspecified atom stereocenters. The average Bonchev–Trinajstić information content (AvgIpc) is 2.29. The molecule has 1 aromatic rings. The molecule has 1 aromatic carbocycles. The van der Waals surface area contributed by atoms with Gasteiger partial charge in [0, 0.05) is 5.56 Å². The maximum absolute atomic E-state index is 5.23. The van der Waals surface area contributed by atoms with Gasteiger partial charge >= 0.3 is 0 Å².